The van der Waals surface area contributed by atoms with Crippen LogP contribution in [0.5, 0.6) is 5.75 Å². The van der Waals surface area contributed by atoms with Crippen LogP contribution in [0.15, 0.2) is 34.8 Å². The molecule has 0 radical (unpaired) electrons. The molecule has 21 heavy (non-hydrogen) atoms. The lowest BCUT2D eigenvalue weighted by molar-refractivity contribution is 0.300. The van der Waals surface area contributed by atoms with Crippen LogP contribution in [0.1, 0.15) is 27.8 Å². The monoisotopic (exact) mass is 347 g/mol. The highest BCUT2D eigenvalue weighted by molar-refractivity contribution is 9.10. The summed E-state index contributed by atoms with van der Waals surface area (Å²) in [5.41, 5.74) is 6.09. The van der Waals surface area contributed by atoms with Gasteiger partial charge in [0.05, 0.1) is 0 Å². The molecule has 0 heterocycles. The molecule has 0 spiro atoms. The molecule has 2 nitrogen and oxygen atoms in total. The summed E-state index contributed by atoms with van der Waals surface area (Å²) < 4.78 is 7.20. The minimum atomic E-state index is 0.599. The smallest absolute Gasteiger partial charge is 0.127 e. The molecule has 0 unspecified atom stereocenters. The van der Waals surface area contributed by atoms with Crippen molar-refractivity contribution in [2.24, 2.45) is 0 Å². The summed E-state index contributed by atoms with van der Waals surface area (Å²) in [7, 11) is 1.95. The van der Waals surface area contributed by atoms with Crippen LogP contribution in [-0.4, -0.2) is 7.05 Å². The summed E-state index contributed by atoms with van der Waals surface area (Å²) in [5, 5.41) is 3.19. The predicted molar refractivity (Wildman–Crippen MR) is 91.9 cm³/mol. The van der Waals surface area contributed by atoms with Gasteiger partial charge in [-0.1, -0.05) is 45.3 Å². The Bertz CT molecular complexity index is 617. The first-order valence-corrected chi connectivity index (χ1v) is 7.92. The lowest BCUT2D eigenvalue weighted by atomic mass is 10.1. The van der Waals surface area contributed by atoms with E-state index in [-0.39, 0.29) is 0 Å². The normalized spacial score (nSPS) is 10.7. The Labute approximate surface area is 135 Å². The van der Waals surface area contributed by atoms with Crippen LogP contribution in [0.4, 0.5) is 0 Å². The number of nitrogens with one attached hydrogen (secondary N) is 1. The highest BCUT2D eigenvalue weighted by atomic mass is 79.9. The van der Waals surface area contributed by atoms with Crippen molar-refractivity contribution in [3.63, 3.8) is 0 Å². The fourth-order valence-corrected chi connectivity index (χ4v) is 3.26. The Morgan fingerprint density at radius 1 is 1.00 bits per heavy atom. The first-order chi connectivity index (χ1) is 9.99. The number of benzene rings is 2. The summed E-state index contributed by atoms with van der Waals surface area (Å²) in [5.74, 6) is 0.978. The minimum absolute atomic E-state index is 0.599. The van der Waals surface area contributed by atoms with Gasteiger partial charge in [-0.3, -0.25) is 0 Å². The van der Waals surface area contributed by atoms with E-state index in [1.54, 1.807) is 0 Å². The van der Waals surface area contributed by atoms with Gasteiger partial charge in [0.25, 0.3) is 0 Å². The van der Waals surface area contributed by atoms with E-state index >= 15 is 0 Å². The molecule has 0 atom stereocenters. The molecule has 0 fully saturated rings. The molecular weight excluding hydrogens is 326 g/mol. The van der Waals surface area contributed by atoms with Crippen LogP contribution >= 0.6 is 15.9 Å². The lowest BCUT2D eigenvalue weighted by Gasteiger charge is -2.15. The third kappa shape index (κ3) is 4.32. The molecule has 0 saturated carbocycles. The SMILES string of the molecule is CNCc1cc(Br)cc(C)c1OCc1cc(C)cc(C)c1. The van der Waals surface area contributed by atoms with Gasteiger partial charge in [0, 0.05) is 16.6 Å². The number of aryl methyl sites for hydroxylation is 3. The summed E-state index contributed by atoms with van der Waals surface area (Å²) in [6, 6.07) is 10.7. The van der Waals surface area contributed by atoms with E-state index in [0.29, 0.717) is 6.61 Å². The molecule has 0 amide bonds. The van der Waals surface area contributed by atoms with Crippen LogP contribution in [0.2, 0.25) is 0 Å². The average molecular weight is 348 g/mol. The lowest BCUT2D eigenvalue weighted by Crippen LogP contribution is -2.09. The van der Waals surface area contributed by atoms with Crippen LogP contribution < -0.4 is 10.1 Å². The van der Waals surface area contributed by atoms with Gasteiger partial charge in [-0.05, 0) is 51.1 Å². The van der Waals surface area contributed by atoms with Gasteiger partial charge in [0.2, 0.25) is 0 Å². The van der Waals surface area contributed by atoms with E-state index in [2.05, 4.69) is 72.3 Å². The largest absolute Gasteiger partial charge is 0.488 e. The Kier molecular flexibility index (Phi) is 5.43. The van der Waals surface area contributed by atoms with E-state index in [0.717, 1.165) is 22.3 Å². The topological polar surface area (TPSA) is 21.3 Å². The summed E-state index contributed by atoms with van der Waals surface area (Å²) >= 11 is 3.55. The number of rotatable bonds is 5. The van der Waals surface area contributed by atoms with E-state index in [4.69, 9.17) is 4.74 Å². The second-order valence-corrected chi connectivity index (χ2v) is 6.44. The van der Waals surface area contributed by atoms with Crippen molar-refractivity contribution in [1.82, 2.24) is 5.32 Å². The second-order valence-electron chi connectivity index (χ2n) is 5.53. The maximum Gasteiger partial charge on any atom is 0.127 e. The third-order valence-corrected chi connectivity index (χ3v) is 3.81. The Hall–Kier alpha value is -1.32. The van der Waals surface area contributed by atoms with Crippen molar-refractivity contribution in [3.05, 3.63) is 62.6 Å². The predicted octanol–water partition coefficient (Wildman–Crippen LogP) is 4.67. The molecule has 2 aromatic rings. The van der Waals surface area contributed by atoms with Gasteiger partial charge in [-0.15, -0.1) is 0 Å². The quantitative estimate of drug-likeness (QED) is 0.848. The minimum Gasteiger partial charge on any atom is -0.488 e. The van der Waals surface area contributed by atoms with E-state index in [1.807, 2.05) is 7.05 Å². The molecule has 0 aromatic heterocycles. The van der Waals surface area contributed by atoms with Crippen molar-refractivity contribution >= 4 is 15.9 Å². The van der Waals surface area contributed by atoms with E-state index in [9.17, 15) is 0 Å². The number of halogens is 1. The van der Waals surface area contributed by atoms with E-state index in [1.165, 1.54) is 22.3 Å². The maximum absolute atomic E-state index is 6.11. The zero-order chi connectivity index (χ0) is 15.4. The van der Waals surface area contributed by atoms with E-state index < -0.39 is 0 Å². The molecule has 0 aliphatic carbocycles. The van der Waals surface area contributed by atoms with Crippen molar-refractivity contribution in [2.75, 3.05) is 7.05 Å². The third-order valence-electron chi connectivity index (χ3n) is 3.35. The summed E-state index contributed by atoms with van der Waals surface area (Å²) in [6.07, 6.45) is 0. The van der Waals surface area contributed by atoms with Crippen LogP contribution in [-0.2, 0) is 13.2 Å². The van der Waals surface area contributed by atoms with Crippen molar-refractivity contribution in [2.45, 2.75) is 33.9 Å². The maximum atomic E-state index is 6.11. The first kappa shape index (κ1) is 16.1. The molecule has 0 aliphatic rings. The van der Waals surface area contributed by atoms with Crippen molar-refractivity contribution in [3.8, 4) is 5.75 Å². The van der Waals surface area contributed by atoms with Crippen LogP contribution in [0.3, 0.4) is 0 Å². The molecule has 2 aromatic carbocycles. The summed E-state index contributed by atoms with van der Waals surface area (Å²) in [6.45, 7) is 7.71. The zero-order valence-corrected chi connectivity index (χ0v) is 14.7. The standard InChI is InChI=1S/C18H22BrNO/c1-12-5-13(2)7-15(6-12)11-21-18-14(3)8-17(19)9-16(18)10-20-4/h5-9,20H,10-11H2,1-4H3. The Morgan fingerprint density at radius 3 is 2.29 bits per heavy atom. The van der Waals surface area contributed by atoms with Gasteiger partial charge in [-0.2, -0.15) is 0 Å². The summed E-state index contributed by atoms with van der Waals surface area (Å²) in [4.78, 5) is 0. The number of ether oxygens (including phenoxy) is 1. The van der Waals surface area contributed by atoms with Crippen molar-refractivity contribution < 1.29 is 4.74 Å². The molecule has 0 bridgehead atoms. The Morgan fingerprint density at radius 2 is 1.67 bits per heavy atom. The number of hydrogen-bond acceptors (Lipinski definition) is 2. The molecule has 0 aliphatic heterocycles. The van der Waals surface area contributed by atoms with Gasteiger partial charge in [-0.25, -0.2) is 0 Å². The molecule has 3 heteroatoms. The fourth-order valence-electron chi connectivity index (χ4n) is 2.64. The van der Waals surface area contributed by atoms with Crippen molar-refractivity contribution in [1.29, 1.82) is 0 Å². The molecule has 0 saturated heterocycles. The van der Waals surface area contributed by atoms with Gasteiger partial charge < -0.3 is 10.1 Å². The van der Waals surface area contributed by atoms with Crippen LogP contribution in [0, 0.1) is 20.8 Å². The molecular formula is C18H22BrNO. The second kappa shape index (κ2) is 7.10. The van der Waals surface area contributed by atoms with Crippen LogP contribution in [0.25, 0.3) is 0 Å². The molecule has 2 rings (SSSR count). The first-order valence-electron chi connectivity index (χ1n) is 7.13. The van der Waals surface area contributed by atoms with Gasteiger partial charge in [0.1, 0.15) is 12.4 Å². The van der Waals surface area contributed by atoms with Gasteiger partial charge >= 0.3 is 0 Å². The highest BCUT2D eigenvalue weighted by Crippen LogP contribution is 2.29. The highest BCUT2D eigenvalue weighted by Gasteiger charge is 2.09. The van der Waals surface area contributed by atoms with Gasteiger partial charge in [0.15, 0.2) is 0 Å². The Balaban J connectivity index is 2.22. The molecule has 1 N–H and O–H groups in total. The average Bonchev–Trinajstić information content (AvgIpc) is 2.36. The fraction of sp³-hybridized carbons (Fsp3) is 0.333. The molecule has 112 valence electrons. The number of hydrogen-bond donors (Lipinski definition) is 1. The zero-order valence-electron chi connectivity index (χ0n) is 13.1.